The maximum absolute atomic E-state index is 13.0. The van der Waals surface area contributed by atoms with Crippen LogP contribution < -0.4 is 9.64 Å². The molecule has 0 saturated carbocycles. The molecule has 2 atom stereocenters. The predicted octanol–water partition coefficient (Wildman–Crippen LogP) is 4.36. The van der Waals surface area contributed by atoms with E-state index >= 15 is 0 Å². The Hall–Kier alpha value is -3.16. The number of aliphatic carboxylic acids is 1. The number of anilines is 1. The van der Waals surface area contributed by atoms with E-state index in [1.165, 1.54) is 17.0 Å². The second-order valence-corrected chi connectivity index (χ2v) is 7.41. The molecule has 1 fully saturated rings. The number of β-amino-alcohol motifs (C(OH)–C–C–N with tert-alkyl or cyclic N) is 1. The van der Waals surface area contributed by atoms with Crippen LogP contribution in [0.15, 0.2) is 60.8 Å². The Morgan fingerprint density at radius 1 is 1.10 bits per heavy atom. The van der Waals surface area contributed by atoms with Crippen LogP contribution in [0.25, 0.3) is 11.1 Å². The van der Waals surface area contributed by atoms with Crippen LogP contribution in [0.3, 0.4) is 0 Å². The number of carboxylic acid groups (broad SMARTS) is 1. The second kappa shape index (κ2) is 8.30. The van der Waals surface area contributed by atoms with Crippen LogP contribution in [0.2, 0.25) is 5.02 Å². The third kappa shape index (κ3) is 4.22. The van der Waals surface area contributed by atoms with E-state index < -0.39 is 18.1 Å². The minimum Gasteiger partial charge on any atom is -0.480 e. The minimum atomic E-state index is -1.02. The van der Waals surface area contributed by atoms with E-state index in [4.69, 9.17) is 16.3 Å². The molecule has 4 rings (SSSR count). The maximum Gasteiger partial charge on any atom is 0.326 e. The topological polar surface area (TPSA) is 82.9 Å². The van der Waals surface area contributed by atoms with Gasteiger partial charge in [0.2, 0.25) is 0 Å². The van der Waals surface area contributed by atoms with Crippen LogP contribution in [0.5, 0.6) is 11.5 Å². The van der Waals surface area contributed by atoms with Crippen LogP contribution in [0.4, 0.5) is 10.2 Å². The number of aromatic nitrogens is 1. The van der Waals surface area contributed by atoms with Crippen LogP contribution in [-0.2, 0) is 4.79 Å². The summed E-state index contributed by atoms with van der Waals surface area (Å²) in [5.41, 5.74) is 1.60. The van der Waals surface area contributed by atoms with Gasteiger partial charge < -0.3 is 19.8 Å². The molecule has 2 N–H and O–H groups in total. The first-order chi connectivity index (χ1) is 14.4. The number of hydrogen-bond donors (Lipinski definition) is 2. The van der Waals surface area contributed by atoms with Gasteiger partial charge in [-0.05, 0) is 48.0 Å². The number of aliphatic hydroxyl groups is 1. The maximum atomic E-state index is 13.0. The van der Waals surface area contributed by atoms with E-state index in [1.807, 2.05) is 12.1 Å². The van der Waals surface area contributed by atoms with Gasteiger partial charge in [-0.2, -0.15) is 0 Å². The van der Waals surface area contributed by atoms with Gasteiger partial charge in [-0.25, -0.2) is 14.2 Å². The lowest BCUT2D eigenvalue weighted by Gasteiger charge is -2.23. The van der Waals surface area contributed by atoms with E-state index in [9.17, 15) is 19.4 Å². The lowest BCUT2D eigenvalue weighted by atomic mass is 10.1. The largest absolute Gasteiger partial charge is 0.480 e. The highest BCUT2D eigenvalue weighted by molar-refractivity contribution is 6.33. The molecule has 0 radical (unpaired) electrons. The van der Waals surface area contributed by atoms with Crippen LogP contribution in [-0.4, -0.2) is 39.9 Å². The number of carbonyl (C=O) groups is 1. The Kier molecular flexibility index (Phi) is 5.57. The molecule has 1 saturated heterocycles. The van der Waals surface area contributed by atoms with Gasteiger partial charge >= 0.3 is 5.97 Å². The van der Waals surface area contributed by atoms with Crippen molar-refractivity contribution < 1.29 is 24.1 Å². The van der Waals surface area contributed by atoms with E-state index in [0.717, 1.165) is 11.1 Å². The number of benzene rings is 2. The number of rotatable bonds is 5. The summed E-state index contributed by atoms with van der Waals surface area (Å²) in [6, 6.07) is 13.8. The summed E-state index contributed by atoms with van der Waals surface area (Å²) >= 11 is 6.39. The summed E-state index contributed by atoms with van der Waals surface area (Å²) in [5, 5.41) is 19.5. The van der Waals surface area contributed by atoms with Gasteiger partial charge in [-0.15, -0.1) is 0 Å². The fraction of sp³-hybridized carbons (Fsp3) is 0.182. The highest BCUT2D eigenvalue weighted by atomic mass is 35.5. The lowest BCUT2D eigenvalue weighted by Crippen LogP contribution is -2.36. The first-order valence-corrected chi connectivity index (χ1v) is 9.65. The second-order valence-electron chi connectivity index (χ2n) is 7.01. The van der Waals surface area contributed by atoms with Crippen LogP contribution >= 0.6 is 11.6 Å². The first kappa shape index (κ1) is 20.1. The molecule has 1 aliphatic rings. The fourth-order valence-electron chi connectivity index (χ4n) is 3.44. The van der Waals surface area contributed by atoms with Crippen molar-refractivity contribution in [2.75, 3.05) is 11.4 Å². The Morgan fingerprint density at radius 3 is 2.33 bits per heavy atom. The van der Waals surface area contributed by atoms with E-state index in [2.05, 4.69) is 4.98 Å². The summed E-state index contributed by atoms with van der Waals surface area (Å²) in [4.78, 5) is 17.3. The highest BCUT2D eigenvalue weighted by Crippen LogP contribution is 2.34. The fourth-order valence-corrected chi connectivity index (χ4v) is 3.71. The van der Waals surface area contributed by atoms with Crippen molar-refractivity contribution in [3.05, 3.63) is 71.6 Å². The predicted molar refractivity (Wildman–Crippen MR) is 111 cm³/mol. The van der Waals surface area contributed by atoms with Crippen LogP contribution in [0.1, 0.15) is 6.42 Å². The molecule has 0 unspecified atom stereocenters. The van der Waals surface area contributed by atoms with E-state index in [1.54, 1.807) is 36.5 Å². The number of halogens is 2. The summed E-state index contributed by atoms with van der Waals surface area (Å²) in [6.07, 6.45) is 1.00. The standard InChI is InChI=1S/C22H18ClFN2O4/c23-19-9-14(11-25-21(19)26-12-16(27)10-20(26)22(28)29)13-1-5-17(6-2-13)30-18-7-3-15(24)4-8-18/h1-9,11,16,20,27H,10,12H2,(H,28,29)/t16-,20+/m1/s1. The van der Waals surface area contributed by atoms with Gasteiger partial charge in [0.05, 0.1) is 11.1 Å². The van der Waals surface area contributed by atoms with Crippen molar-refractivity contribution in [2.45, 2.75) is 18.6 Å². The molecule has 0 bridgehead atoms. The lowest BCUT2D eigenvalue weighted by molar-refractivity contribution is -0.138. The Bertz CT molecular complexity index is 1060. The third-order valence-electron chi connectivity index (χ3n) is 4.89. The zero-order chi connectivity index (χ0) is 21.3. The number of nitrogens with zero attached hydrogens (tertiary/aromatic N) is 2. The Morgan fingerprint density at radius 2 is 1.73 bits per heavy atom. The molecule has 1 aromatic heterocycles. The Balaban J connectivity index is 1.52. The normalized spacial score (nSPS) is 18.4. The molecule has 2 heterocycles. The molecule has 2 aromatic carbocycles. The average molecular weight is 429 g/mol. The first-order valence-electron chi connectivity index (χ1n) is 9.27. The molecule has 0 aliphatic carbocycles. The van der Waals surface area contributed by atoms with Crippen molar-refractivity contribution >= 4 is 23.4 Å². The van der Waals surface area contributed by atoms with Crippen molar-refractivity contribution in [3.8, 4) is 22.6 Å². The van der Waals surface area contributed by atoms with Gasteiger partial charge in [-0.3, -0.25) is 0 Å². The van der Waals surface area contributed by atoms with Crippen molar-refractivity contribution in [1.82, 2.24) is 4.98 Å². The summed E-state index contributed by atoms with van der Waals surface area (Å²) in [6.45, 7) is 0.165. The number of aliphatic hydroxyl groups excluding tert-OH is 1. The van der Waals surface area contributed by atoms with Gasteiger partial charge in [0.1, 0.15) is 29.2 Å². The van der Waals surface area contributed by atoms with Gasteiger partial charge in [0.25, 0.3) is 0 Å². The monoisotopic (exact) mass is 428 g/mol. The SMILES string of the molecule is O=C(O)[C@@H]1C[C@@H](O)CN1c1ncc(-c2ccc(Oc3ccc(F)cc3)cc2)cc1Cl. The number of ether oxygens (including phenoxy) is 1. The molecule has 0 amide bonds. The molecule has 1 aliphatic heterocycles. The van der Waals surface area contributed by atoms with Crippen molar-refractivity contribution in [3.63, 3.8) is 0 Å². The summed E-state index contributed by atoms with van der Waals surface area (Å²) in [7, 11) is 0. The highest BCUT2D eigenvalue weighted by Gasteiger charge is 2.37. The number of pyridine rings is 1. The number of carboxylic acids is 1. The van der Waals surface area contributed by atoms with Gasteiger partial charge in [-0.1, -0.05) is 23.7 Å². The third-order valence-corrected chi connectivity index (χ3v) is 5.17. The van der Waals surface area contributed by atoms with Gasteiger partial charge in [0, 0.05) is 24.7 Å². The van der Waals surface area contributed by atoms with Crippen molar-refractivity contribution in [2.24, 2.45) is 0 Å². The average Bonchev–Trinajstić information content (AvgIpc) is 3.12. The van der Waals surface area contributed by atoms with E-state index in [-0.39, 0.29) is 18.8 Å². The van der Waals surface area contributed by atoms with E-state index in [0.29, 0.717) is 22.3 Å². The zero-order valence-corrected chi connectivity index (χ0v) is 16.5. The quantitative estimate of drug-likeness (QED) is 0.628. The zero-order valence-electron chi connectivity index (χ0n) is 15.7. The molecule has 3 aromatic rings. The minimum absolute atomic E-state index is 0.130. The van der Waals surface area contributed by atoms with Crippen molar-refractivity contribution in [1.29, 1.82) is 0 Å². The molecule has 8 heteroatoms. The molecular weight excluding hydrogens is 411 g/mol. The molecule has 154 valence electrons. The molecule has 6 nitrogen and oxygen atoms in total. The summed E-state index contributed by atoms with van der Waals surface area (Å²) < 4.78 is 18.7. The molecule has 0 spiro atoms. The number of hydrogen-bond acceptors (Lipinski definition) is 5. The van der Waals surface area contributed by atoms with Gasteiger partial charge in [0.15, 0.2) is 0 Å². The molecule has 30 heavy (non-hydrogen) atoms. The summed E-state index contributed by atoms with van der Waals surface area (Å²) in [5.74, 6) is 0.102. The molecular formula is C22H18ClFN2O4. The van der Waals surface area contributed by atoms with Crippen LogP contribution in [0, 0.1) is 5.82 Å². The Labute approximate surface area is 177 Å². The smallest absolute Gasteiger partial charge is 0.326 e.